The van der Waals surface area contributed by atoms with Crippen molar-refractivity contribution in [3.8, 4) is 28.7 Å². The molecule has 1 aliphatic heterocycles. The van der Waals surface area contributed by atoms with Gasteiger partial charge < -0.3 is 29.3 Å². The Morgan fingerprint density at radius 3 is 2.49 bits per heavy atom. The molecule has 5 aromatic rings. The van der Waals surface area contributed by atoms with Gasteiger partial charge in [0.15, 0.2) is 23.1 Å². The van der Waals surface area contributed by atoms with Gasteiger partial charge in [-0.2, -0.15) is 9.78 Å². The summed E-state index contributed by atoms with van der Waals surface area (Å²) in [6.07, 6.45) is 2.40. The zero-order valence-electron chi connectivity index (χ0n) is 26.7. The third-order valence-electron chi connectivity index (χ3n) is 7.98. The molecule has 2 aromatic heterocycles. The number of fused-ring (bicyclic) bond motifs is 1. The van der Waals surface area contributed by atoms with E-state index in [1.807, 2.05) is 0 Å². The fraction of sp³-hybridized carbons (Fsp3) is 0.265. The Hall–Kier alpha value is -5.31. The number of rotatable bonds is 11. The maximum absolute atomic E-state index is 15.3. The first-order chi connectivity index (χ1) is 23.7. The Kier molecular flexibility index (Phi) is 10.2. The van der Waals surface area contributed by atoms with E-state index in [9.17, 15) is 14.4 Å². The number of nitrogens with one attached hydrogen (secondary N) is 2. The van der Waals surface area contributed by atoms with Gasteiger partial charge in [0.1, 0.15) is 5.75 Å². The SMILES string of the molecule is COc1cc2c(Oc3ccc(NC(=O)c4nn(-c5ccc(Cl)cc5)c(=O)[nH]c4=O)cc3F)ccnc2cc1OCCCN1CCN(C)CC1. The summed E-state index contributed by atoms with van der Waals surface area (Å²) in [5.74, 6) is -0.526. The number of likely N-dealkylation sites (N-methyl/N-ethyl adjacent to an activating group) is 1. The molecule has 254 valence electrons. The average molecular weight is 690 g/mol. The van der Waals surface area contributed by atoms with Crippen LogP contribution in [0.4, 0.5) is 10.1 Å². The van der Waals surface area contributed by atoms with Crippen LogP contribution in [-0.2, 0) is 0 Å². The number of aromatic nitrogens is 4. The molecule has 0 saturated carbocycles. The number of carbonyl (C=O) groups is 1. The van der Waals surface area contributed by atoms with Crippen molar-refractivity contribution in [3.63, 3.8) is 0 Å². The van der Waals surface area contributed by atoms with Crippen LogP contribution in [0.3, 0.4) is 0 Å². The summed E-state index contributed by atoms with van der Waals surface area (Å²) in [5, 5.41) is 7.34. The minimum absolute atomic E-state index is 0.0240. The van der Waals surface area contributed by atoms with Crippen molar-refractivity contribution in [1.82, 2.24) is 29.5 Å². The van der Waals surface area contributed by atoms with E-state index in [1.54, 1.807) is 24.4 Å². The van der Waals surface area contributed by atoms with Crippen LogP contribution in [-0.4, -0.2) is 88.9 Å². The summed E-state index contributed by atoms with van der Waals surface area (Å²) in [6, 6.07) is 14.9. The van der Waals surface area contributed by atoms with Gasteiger partial charge >= 0.3 is 5.69 Å². The zero-order valence-corrected chi connectivity index (χ0v) is 27.5. The maximum Gasteiger partial charge on any atom is 0.349 e. The van der Waals surface area contributed by atoms with Crippen molar-refractivity contribution >= 4 is 34.1 Å². The van der Waals surface area contributed by atoms with E-state index in [2.05, 4.69) is 37.2 Å². The first kappa shape index (κ1) is 33.6. The number of carbonyl (C=O) groups excluding carboxylic acids is 1. The number of anilines is 1. The number of pyridine rings is 1. The van der Waals surface area contributed by atoms with E-state index in [0.29, 0.717) is 39.8 Å². The van der Waals surface area contributed by atoms with Gasteiger partial charge in [-0.1, -0.05) is 11.6 Å². The Morgan fingerprint density at radius 1 is 0.980 bits per heavy atom. The van der Waals surface area contributed by atoms with Crippen LogP contribution in [0.5, 0.6) is 23.0 Å². The highest BCUT2D eigenvalue weighted by Crippen LogP contribution is 2.38. The van der Waals surface area contributed by atoms with Gasteiger partial charge in [-0.05, 0) is 62.0 Å². The Bertz CT molecular complexity index is 2100. The molecular formula is C34H33ClFN7O6. The lowest BCUT2D eigenvalue weighted by Gasteiger charge is -2.32. The van der Waals surface area contributed by atoms with E-state index in [1.165, 1.54) is 43.5 Å². The molecule has 2 N–H and O–H groups in total. The highest BCUT2D eigenvalue weighted by atomic mass is 35.5. The lowest BCUT2D eigenvalue weighted by atomic mass is 10.1. The van der Waals surface area contributed by atoms with Crippen LogP contribution in [0.15, 0.2) is 76.4 Å². The quantitative estimate of drug-likeness (QED) is 0.192. The van der Waals surface area contributed by atoms with Gasteiger partial charge in [-0.25, -0.2) is 9.18 Å². The second-order valence-electron chi connectivity index (χ2n) is 11.4. The predicted molar refractivity (Wildman–Crippen MR) is 182 cm³/mol. The molecule has 0 unspecified atom stereocenters. The maximum atomic E-state index is 15.3. The summed E-state index contributed by atoms with van der Waals surface area (Å²) < 4.78 is 33.7. The molecule has 0 aliphatic carbocycles. The fourth-order valence-corrected chi connectivity index (χ4v) is 5.43. The third kappa shape index (κ3) is 7.88. The molecule has 3 heterocycles. The Labute approximate surface area is 284 Å². The van der Waals surface area contributed by atoms with Gasteiger partial charge in [-0.3, -0.25) is 19.6 Å². The molecule has 0 spiro atoms. The van der Waals surface area contributed by atoms with Crippen LogP contribution in [0, 0.1) is 5.82 Å². The molecule has 6 rings (SSSR count). The Balaban J connectivity index is 1.14. The van der Waals surface area contributed by atoms with Crippen molar-refractivity contribution in [3.05, 3.63) is 104 Å². The van der Waals surface area contributed by atoms with Crippen LogP contribution < -0.4 is 30.8 Å². The molecule has 1 fully saturated rings. The fourth-order valence-electron chi connectivity index (χ4n) is 5.31. The van der Waals surface area contributed by atoms with Gasteiger partial charge in [-0.15, -0.1) is 0 Å². The monoisotopic (exact) mass is 689 g/mol. The molecule has 1 aliphatic rings. The molecule has 0 radical (unpaired) electrons. The minimum Gasteiger partial charge on any atom is -0.493 e. The van der Waals surface area contributed by atoms with Gasteiger partial charge in [0.05, 0.1) is 24.9 Å². The molecule has 1 saturated heterocycles. The molecule has 15 heteroatoms. The number of nitrogens with zero attached hydrogens (tertiary/aromatic N) is 5. The highest BCUT2D eigenvalue weighted by molar-refractivity contribution is 6.30. The highest BCUT2D eigenvalue weighted by Gasteiger charge is 2.19. The van der Waals surface area contributed by atoms with Crippen molar-refractivity contribution < 1.29 is 23.4 Å². The summed E-state index contributed by atoms with van der Waals surface area (Å²) in [5.41, 5.74) is -1.60. The number of hydrogen-bond acceptors (Lipinski definition) is 10. The number of H-pyrrole nitrogens is 1. The van der Waals surface area contributed by atoms with Crippen molar-refractivity contribution in [2.75, 3.05) is 58.8 Å². The first-order valence-corrected chi connectivity index (χ1v) is 15.8. The Morgan fingerprint density at radius 2 is 1.76 bits per heavy atom. The minimum atomic E-state index is -1.01. The first-order valence-electron chi connectivity index (χ1n) is 15.5. The number of ether oxygens (including phenoxy) is 3. The molecule has 0 bridgehead atoms. The summed E-state index contributed by atoms with van der Waals surface area (Å²) in [4.78, 5) is 48.9. The molecular weight excluding hydrogens is 657 g/mol. The number of aromatic amines is 1. The van der Waals surface area contributed by atoms with Crippen LogP contribution in [0.25, 0.3) is 16.6 Å². The van der Waals surface area contributed by atoms with Crippen LogP contribution in [0.1, 0.15) is 16.9 Å². The lowest BCUT2D eigenvalue weighted by Crippen LogP contribution is -2.44. The summed E-state index contributed by atoms with van der Waals surface area (Å²) in [7, 11) is 3.67. The van der Waals surface area contributed by atoms with Crippen molar-refractivity contribution in [2.45, 2.75) is 6.42 Å². The van der Waals surface area contributed by atoms with Gasteiger partial charge in [0, 0.05) is 67.1 Å². The standard InChI is InChI=1S/C34H33ClFN7O6/c1-41-13-15-42(16-14-41)12-3-17-48-30-20-26-24(19-29(30)47-2)27(10-11-37-26)49-28-9-6-22(18-25(28)36)38-32(44)31-33(45)39-34(46)43(40-31)23-7-4-21(35)5-8-23/h4-11,18-20H,3,12-17H2,1-2H3,(H,38,44)(H,39,45,46). The zero-order chi connectivity index (χ0) is 34.5. The molecule has 13 nitrogen and oxygen atoms in total. The van der Waals surface area contributed by atoms with E-state index in [0.717, 1.165) is 49.9 Å². The van der Waals surface area contributed by atoms with Gasteiger partial charge in [0.25, 0.3) is 11.5 Å². The van der Waals surface area contributed by atoms with E-state index in [-0.39, 0.29) is 17.1 Å². The van der Waals surface area contributed by atoms with E-state index < -0.39 is 28.7 Å². The smallest absolute Gasteiger partial charge is 0.349 e. The predicted octanol–water partition coefficient (Wildman–Crippen LogP) is 4.33. The molecule has 49 heavy (non-hydrogen) atoms. The van der Waals surface area contributed by atoms with E-state index >= 15 is 4.39 Å². The number of hydrogen-bond donors (Lipinski definition) is 2. The summed E-state index contributed by atoms with van der Waals surface area (Å²) >= 11 is 5.91. The van der Waals surface area contributed by atoms with E-state index in [4.69, 9.17) is 25.8 Å². The topological polar surface area (TPSA) is 144 Å². The van der Waals surface area contributed by atoms with Crippen LogP contribution >= 0.6 is 11.6 Å². The molecule has 0 atom stereocenters. The number of methoxy groups -OCH3 is 1. The average Bonchev–Trinajstić information content (AvgIpc) is 3.09. The number of piperazine rings is 1. The summed E-state index contributed by atoms with van der Waals surface area (Å²) in [6.45, 7) is 5.67. The molecule has 3 aromatic carbocycles. The van der Waals surface area contributed by atoms with Crippen molar-refractivity contribution in [1.29, 1.82) is 0 Å². The van der Waals surface area contributed by atoms with Crippen LogP contribution in [0.2, 0.25) is 5.02 Å². The lowest BCUT2D eigenvalue weighted by molar-refractivity contribution is 0.101. The molecule has 1 amide bonds. The number of benzene rings is 3. The number of amides is 1. The third-order valence-corrected chi connectivity index (χ3v) is 8.23. The normalized spacial score (nSPS) is 13.7. The second kappa shape index (κ2) is 14.8. The second-order valence-corrected chi connectivity index (χ2v) is 11.8. The number of halogens is 2. The van der Waals surface area contributed by atoms with Crippen molar-refractivity contribution in [2.24, 2.45) is 0 Å². The van der Waals surface area contributed by atoms with Gasteiger partial charge in [0.2, 0.25) is 5.69 Å². The largest absolute Gasteiger partial charge is 0.493 e.